The minimum absolute atomic E-state index is 0.382. The van der Waals surface area contributed by atoms with Crippen molar-refractivity contribution in [3.05, 3.63) is 59.7 Å². The summed E-state index contributed by atoms with van der Waals surface area (Å²) >= 11 is 0. The molecule has 2 aromatic carbocycles. The number of nitrogens with zero attached hydrogens (tertiary/aromatic N) is 1. The molecule has 0 radical (unpaired) electrons. The van der Waals surface area contributed by atoms with Gasteiger partial charge in [0.15, 0.2) is 6.19 Å². The van der Waals surface area contributed by atoms with Crippen LogP contribution in [0.4, 0.5) is 0 Å². The van der Waals surface area contributed by atoms with Crippen molar-refractivity contribution in [1.82, 2.24) is 5.32 Å². The molecule has 3 nitrogen and oxygen atoms in total. The van der Waals surface area contributed by atoms with Crippen LogP contribution < -0.4 is 5.32 Å². The van der Waals surface area contributed by atoms with Crippen LogP contribution >= 0.6 is 0 Å². The maximum absolute atomic E-state index is 11.6. The van der Waals surface area contributed by atoms with Gasteiger partial charge in [0.05, 0.1) is 0 Å². The first-order valence-corrected chi connectivity index (χ1v) is 5.58. The Morgan fingerprint density at radius 1 is 1.17 bits per heavy atom. The average Bonchev–Trinajstić information content (AvgIpc) is 2.40. The van der Waals surface area contributed by atoms with Gasteiger partial charge in [-0.25, -0.2) is 0 Å². The predicted octanol–water partition coefficient (Wildman–Crippen LogP) is 2.87. The molecule has 3 heteroatoms. The molecular weight excluding hydrogens is 224 g/mol. The monoisotopic (exact) mass is 236 g/mol. The van der Waals surface area contributed by atoms with Gasteiger partial charge in [-0.1, -0.05) is 36.4 Å². The van der Waals surface area contributed by atoms with Crippen molar-refractivity contribution in [1.29, 1.82) is 5.26 Å². The van der Waals surface area contributed by atoms with Crippen LogP contribution in [0.25, 0.3) is 11.1 Å². The van der Waals surface area contributed by atoms with Gasteiger partial charge in [-0.3, -0.25) is 10.1 Å². The maximum Gasteiger partial charge on any atom is 0.264 e. The Morgan fingerprint density at radius 2 is 1.94 bits per heavy atom. The van der Waals surface area contributed by atoms with Gasteiger partial charge >= 0.3 is 0 Å². The van der Waals surface area contributed by atoms with E-state index in [9.17, 15) is 4.79 Å². The first-order chi connectivity index (χ1) is 8.72. The maximum atomic E-state index is 11.6. The van der Waals surface area contributed by atoms with Gasteiger partial charge in [0.1, 0.15) is 0 Å². The summed E-state index contributed by atoms with van der Waals surface area (Å²) in [6.45, 7) is 2.03. The molecule has 0 heterocycles. The number of nitrogens with one attached hydrogen (secondary N) is 1. The summed E-state index contributed by atoms with van der Waals surface area (Å²) in [4.78, 5) is 11.6. The van der Waals surface area contributed by atoms with E-state index < -0.39 is 0 Å². The minimum Gasteiger partial charge on any atom is -0.268 e. The Hall–Kier alpha value is -2.60. The highest BCUT2D eigenvalue weighted by molar-refractivity contribution is 5.96. The molecule has 0 spiro atoms. The van der Waals surface area contributed by atoms with Crippen molar-refractivity contribution in [2.24, 2.45) is 0 Å². The quantitative estimate of drug-likeness (QED) is 0.644. The number of amides is 1. The van der Waals surface area contributed by atoms with Gasteiger partial charge in [0, 0.05) is 5.56 Å². The van der Waals surface area contributed by atoms with Crippen LogP contribution in [0.5, 0.6) is 0 Å². The fourth-order valence-corrected chi connectivity index (χ4v) is 1.85. The molecule has 88 valence electrons. The molecule has 0 atom stereocenters. The summed E-state index contributed by atoms with van der Waals surface area (Å²) < 4.78 is 0. The van der Waals surface area contributed by atoms with Crippen molar-refractivity contribution >= 4 is 5.91 Å². The molecule has 18 heavy (non-hydrogen) atoms. The Bertz CT molecular complexity index is 626. The van der Waals surface area contributed by atoms with E-state index in [-0.39, 0.29) is 5.91 Å². The average molecular weight is 236 g/mol. The van der Waals surface area contributed by atoms with Crippen molar-refractivity contribution in [2.75, 3.05) is 0 Å². The summed E-state index contributed by atoms with van der Waals surface area (Å²) in [5.74, 6) is -0.382. The molecule has 2 rings (SSSR count). The fourth-order valence-electron chi connectivity index (χ4n) is 1.85. The van der Waals surface area contributed by atoms with Crippen LogP contribution in [-0.4, -0.2) is 5.91 Å². The lowest BCUT2D eigenvalue weighted by atomic mass is 9.99. The third-order valence-corrected chi connectivity index (χ3v) is 2.75. The zero-order valence-corrected chi connectivity index (χ0v) is 9.97. The molecule has 0 aliphatic carbocycles. The first-order valence-electron chi connectivity index (χ1n) is 5.58. The standard InChI is InChI=1S/C15H12N2O/c1-11-5-2-3-8-14(11)12-6-4-7-13(9-12)15(18)17-10-16/h2-9H,1H3,(H,17,18). The number of carbonyl (C=O) groups is 1. The highest BCUT2D eigenvalue weighted by Crippen LogP contribution is 2.23. The first kappa shape index (κ1) is 11.9. The lowest BCUT2D eigenvalue weighted by molar-refractivity contribution is 0.0973. The number of hydrogen-bond acceptors (Lipinski definition) is 2. The van der Waals surface area contributed by atoms with Crippen LogP contribution in [0, 0.1) is 18.4 Å². The lowest BCUT2D eigenvalue weighted by Crippen LogP contribution is -2.17. The number of nitriles is 1. The second kappa shape index (κ2) is 5.15. The minimum atomic E-state index is -0.382. The number of benzene rings is 2. The Morgan fingerprint density at radius 3 is 2.67 bits per heavy atom. The Balaban J connectivity index is 2.43. The van der Waals surface area contributed by atoms with Crippen molar-refractivity contribution in [3.63, 3.8) is 0 Å². The summed E-state index contributed by atoms with van der Waals surface area (Å²) in [7, 11) is 0. The van der Waals surface area contributed by atoms with Crippen LogP contribution in [0.1, 0.15) is 15.9 Å². The van der Waals surface area contributed by atoms with Crippen molar-refractivity contribution < 1.29 is 4.79 Å². The van der Waals surface area contributed by atoms with Crippen LogP contribution in [0.15, 0.2) is 48.5 Å². The van der Waals surface area contributed by atoms with Gasteiger partial charge in [0.2, 0.25) is 0 Å². The molecule has 1 amide bonds. The number of aryl methyl sites for hydroxylation is 1. The molecule has 0 aromatic heterocycles. The van der Waals surface area contributed by atoms with E-state index in [1.807, 2.05) is 43.3 Å². The van der Waals surface area contributed by atoms with E-state index in [1.54, 1.807) is 18.3 Å². The van der Waals surface area contributed by atoms with Crippen LogP contribution in [-0.2, 0) is 0 Å². The Labute approximate surface area is 106 Å². The van der Waals surface area contributed by atoms with E-state index in [0.29, 0.717) is 5.56 Å². The summed E-state index contributed by atoms with van der Waals surface area (Å²) in [6.07, 6.45) is 1.64. The summed E-state index contributed by atoms with van der Waals surface area (Å²) in [5.41, 5.74) is 3.69. The highest BCUT2D eigenvalue weighted by Gasteiger charge is 2.07. The Kier molecular flexibility index (Phi) is 3.40. The van der Waals surface area contributed by atoms with E-state index in [2.05, 4.69) is 5.32 Å². The molecule has 0 saturated carbocycles. The van der Waals surface area contributed by atoms with E-state index in [4.69, 9.17) is 5.26 Å². The van der Waals surface area contributed by atoms with Crippen molar-refractivity contribution in [3.8, 4) is 17.3 Å². The molecule has 0 saturated heterocycles. The second-order valence-electron chi connectivity index (χ2n) is 3.96. The zero-order chi connectivity index (χ0) is 13.0. The summed E-state index contributed by atoms with van der Waals surface area (Å²) in [6, 6.07) is 15.2. The van der Waals surface area contributed by atoms with E-state index in [0.717, 1.165) is 16.7 Å². The van der Waals surface area contributed by atoms with Gasteiger partial charge in [-0.2, -0.15) is 5.26 Å². The largest absolute Gasteiger partial charge is 0.268 e. The lowest BCUT2D eigenvalue weighted by Gasteiger charge is -2.07. The van der Waals surface area contributed by atoms with Gasteiger partial charge in [0.25, 0.3) is 5.91 Å². The molecule has 2 aromatic rings. The third-order valence-electron chi connectivity index (χ3n) is 2.75. The molecule has 0 aliphatic rings. The fraction of sp³-hybridized carbons (Fsp3) is 0.0667. The normalized spacial score (nSPS) is 9.56. The SMILES string of the molecule is Cc1ccccc1-c1cccc(C(=O)NC#N)c1. The molecule has 0 aliphatic heterocycles. The van der Waals surface area contributed by atoms with E-state index >= 15 is 0 Å². The van der Waals surface area contributed by atoms with Crippen molar-refractivity contribution in [2.45, 2.75) is 6.92 Å². The summed E-state index contributed by atoms with van der Waals surface area (Å²) in [5, 5.41) is 10.6. The topological polar surface area (TPSA) is 52.9 Å². The number of carbonyl (C=O) groups excluding carboxylic acids is 1. The van der Waals surface area contributed by atoms with Gasteiger partial charge in [-0.15, -0.1) is 0 Å². The van der Waals surface area contributed by atoms with Crippen LogP contribution in [0.3, 0.4) is 0 Å². The zero-order valence-electron chi connectivity index (χ0n) is 9.97. The van der Waals surface area contributed by atoms with Gasteiger partial charge in [-0.05, 0) is 35.7 Å². The molecular formula is C15H12N2O. The third kappa shape index (κ3) is 2.38. The smallest absolute Gasteiger partial charge is 0.264 e. The number of hydrogen-bond donors (Lipinski definition) is 1. The highest BCUT2D eigenvalue weighted by atomic mass is 16.1. The molecule has 0 bridgehead atoms. The molecule has 0 fully saturated rings. The van der Waals surface area contributed by atoms with Crippen LogP contribution in [0.2, 0.25) is 0 Å². The number of rotatable bonds is 2. The molecule has 1 N–H and O–H groups in total. The van der Waals surface area contributed by atoms with Gasteiger partial charge < -0.3 is 0 Å². The second-order valence-corrected chi connectivity index (χ2v) is 3.96. The molecule has 0 unspecified atom stereocenters. The van der Waals surface area contributed by atoms with E-state index in [1.165, 1.54) is 0 Å². The predicted molar refractivity (Wildman–Crippen MR) is 69.7 cm³/mol.